The molecule has 0 bridgehead atoms. The molecule has 2 aromatic rings. The summed E-state index contributed by atoms with van der Waals surface area (Å²) >= 11 is 0. The first-order valence-electron chi connectivity index (χ1n) is 7.67. The van der Waals surface area contributed by atoms with Gasteiger partial charge in [0.2, 0.25) is 5.76 Å². The van der Waals surface area contributed by atoms with Gasteiger partial charge in [-0.05, 0) is 18.1 Å². The molecule has 0 amide bonds. The van der Waals surface area contributed by atoms with Gasteiger partial charge in [-0.2, -0.15) is 0 Å². The second kappa shape index (κ2) is 8.15. The quantitative estimate of drug-likeness (QED) is 0.751. The Morgan fingerprint density at radius 3 is 2.29 bits per heavy atom. The Morgan fingerprint density at radius 1 is 1.04 bits per heavy atom. The summed E-state index contributed by atoms with van der Waals surface area (Å²) in [7, 11) is 2.51. The number of esters is 2. The fraction of sp³-hybridized carbons (Fsp3) is 0.263. The van der Waals surface area contributed by atoms with Gasteiger partial charge in [-0.3, -0.25) is 0 Å². The van der Waals surface area contributed by atoms with Crippen molar-refractivity contribution in [2.45, 2.75) is 19.8 Å². The van der Waals surface area contributed by atoms with Gasteiger partial charge in [0, 0.05) is 5.56 Å². The molecule has 0 atom stereocenters. The van der Waals surface area contributed by atoms with Crippen LogP contribution in [0.25, 0.3) is 12.2 Å². The Bertz CT molecular complexity index is 741. The smallest absolute Gasteiger partial charge is 0.374 e. The van der Waals surface area contributed by atoms with Crippen LogP contribution in [0.15, 0.2) is 34.7 Å². The van der Waals surface area contributed by atoms with E-state index in [9.17, 15) is 9.59 Å². The van der Waals surface area contributed by atoms with E-state index in [1.807, 2.05) is 43.3 Å². The zero-order valence-electron chi connectivity index (χ0n) is 14.0. The molecule has 0 aliphatic heterocycles. The summed E-state index contributed by atoms with van der Waals surface area (Å²) in [5.74, 6) is -0.976. The van der Waals surface area contributed by atoms with Crippen LogP contribution in [0.4, 0.5) is 0 Å². The number of benzene rings is 1. The van der Waals surface area contributed by atoms with E-state index in [1.54, 1.807) is 6.08 Å². The maximum absolute atomic E-state index is 12.1. The highest BCUT2D eigenvalue weighted by atomic mass is 16.5. The normalized spacial score (nSPS) is 10.8. The van der Waals surface area contributed by atoms with Crippen LogP contribution in [0, 0.1) is 0 Å². The topological polar surface area (TPSA) is 65.7 Å². The van der Waals surface area contributed by atoms with Crippen LogP contribution in [0.5, 0.6) is 0 Å². The van der Waals surface area contributed by atoms with Gasteiger partial charge in [0.05, 0.1) is 14.2 Å². The van der Waals surface area contributed by atoms with Crippen molar-refractivity contribution in [1.82, 2.24) is 0 Å². The molecule has 5 heteroatoms. The summed E-state index contributed by atoms with van der Waals surface area (Å²) in [6, 6.07) is 9.67. The van der Waals surface area contributed by atoms with Crippen molar-refractivity contribution in [2.24, 2.45) is 0 Å². The lowest BCUT2D eigenvalue weighted by atomic mass is 10.0. The minimum absolute atomic E-state index is 0.125. The van der Waals surface area contributed by atoms with Crippen molar-refractivity contribution in [1.29, 1.82) is 0 Å². The van der Waals surface area contributed by atoms with Crippen molar-refractivity contribution in [3.05, 3.63) is 58.5 Å². The van der Waals surface area contributed by atoms with Crippen molar-refractivity contribution >= 4 is 24.1 Å². The fourth-order valence-corrected chi connectivity index (χ4v) is 2.41. The van der Waals surface area contributed by atoms with E-state index in [-0.39, 0.29) is 11.3 Å². The van der Waals surface area contributed by atoms with Crippen LogP contribution >= 0.6 is 0 Å². The molecule has 5 nitrogen and oxygen atoms in total. The number of carbonyl (C=O) groups is 2. The van der Waals surface area contributed by atoms with Gasteiger partial charge < -0.3 is 13.9 Å². The number of furan rings is 1. The maximum Gasteiger partial charge on any atom is 0.374 e. The summed E-state index contributed by atoms with van der Waals surface area (Å²) in [5.41, 5.74) is 1.77. The van der Waals surface area contributed by atoms with Crippen molar-refractivity contribution in [3.8, 4) is 0 Å². The number of hydrogen-bond acceptors (Lipinski definition) is 5. The predicted molar refractivity (Wildman–Crippen MR) is 90.8 cm³/mol. The summed E-state index contributed by atoms with van der Waals surface area (Å²) < 4.78 is 15.2. The second-order valence-corrected chi connectivity index (χ2v) is 5.13. The lowest BCUT2D eigenvalue weighted by Crippen LogP contribution is -2.11. The molecular weight excluding hydrogens is 308 g/mol. The van der Waals surface area contributed by atoms with Crippen molar-refractivity contribution < 1.29 is 23.5 Å². The molecule has 0 saturated carbocycles. The Kier molecular flexibility index (Phi) is 5.95. The van der Waals surface area contributed by atoms with Crippen LogP contribution in [0.2, 0.25) is 0 Å². The Labute approximate surface area is 140 Å². The zero-order chi connectivity index (χ0) is 17.5. The van der Waals surface area contributed by atoms with E-state index in [2.05, 4.69) is 0 Å². The van der Waals surface area contributed by atoms with E-state index in [1.165, 1.54) is 14.2 Å². The highest BCUT2D eigenvalue weighted by Gasteiger charge is 2.29. The molecule has 0 aliphatic carbocycles. The number of hydrogen-bond donors (Lipinski definition) is 0. The Balaban J connectivity index is 2.53. The maximum atomic E-state index is 12.1. The predicted octanol–water partition coefficient (Wildman–Crippen LogP) is 3.98. The number of methoxy groups -OCH3 is 2. The average molecular weight is 328 g/mol. The van der Waals surface area contributed by atoms with Gasteiger partial charge in [-0.1, -0.05) is 49.8 Å². The van der Waals surface area contributed by atoms with Crippen LogP contribution < -0.4 is 0 Å². The van der Waals surface area contributed by atoms with Gasteiger partial charge in [0.1, 0.15) is 11.3 Å². The lowest BCUT2D eigenvalue weighted by molar-refractivity contribution is 0.0528. The van der Waals surface area contributed by atoms with Crippen LogP contribution in [0.1, 0.15) is 51.1 Å². The third-order valence-corrected chi connectivity index (χ3v) is 3.53. The van der Waals surface area contributed by atoms with Gasteiger partial charge in [-0.15, -0.1) is 0 Å². The first-order valence-corrected chi connectivity index (χ1v) is 7.67. The van der Waals surface area contributed by atoms with E-state index < -0.39 is 11.9 Å². The molecule has 1 heterocycles. The van der Waals surface area contributed by atoms with Gasteiger partial charge in [0.25, 0.3) is 0 Å². The third kappa shape index (κ3) is 3.74. The van der Waals surface area contributed by atoms with E-state index >= 15 is 0 Å². The minimum atomic E-state index is -0.702. The molecule has 0 aliphatic rings. The van der Waals surface area contributed by atoms with Gasteiger partial charge in [0.15, 0.2) is 0 Å². The molecule has 0 fully saturated rings. The average Bonchev–Trinajstić information content (AvgIpc) is 2.98. The standard InChI is InChI=1S/C19H20O5/c1-4-8-14-15(12-11-13-9-6-5-7-10-13)24-17(19(21)23-3)16(14)18(20)22-2/h5-7,9-12H,4,8H2,1-3H3/b12-11+. The molecule has 2 rings (SSSR count). The second-order valence-electron chi connectivity index (χ2n) is 5.13. The molecule has 0 unspecified atom stereocenters. The molecule has 0 saturated heterocycles. The van der Waals surface area contributed by atoms with Crippen molar-refractivity contribution in [3.63, 3.8) is 0 Å². The summed E-state index contributed by atoms with van der Waals surface area (Å²) in [6.07, 6.45) is 4.98. The largest absolute Gasteiger partial charge is 0.465 e. The highest BCUT2D eigenvalue weighted by Crippen LogP contribution is 2.28. The molecule has 1 aromatic carbocycles. The molecule has 0 spiro atoms. The van der Waals surface area contributed by atoms with E-state index in [4.69, 9.17) is 13.9 Å². The lowest BCUT2D eigenvalue weighted by Gasteiger charge is -2.02. The van der Waals surface area contributed by atoms with Crippen LogP contribution in [-0.4, -0.2) is 26.2 Å². The minimum Gasteiger partial charge on any atom is -0.465 e. The molecule has 1 aromatic heterocycles. The number of rotatable bonds is 6. The summed E-state index contributed by atoms with van der Waals surface area (Å²) in [5, 5.41) is 0. The number of ether oxygens (including phenoxy) is 2. The number of carbonyl (C=O) groups excluding carboxylic acids is 2. The first-order chi connectivity index (χ1) is 11.6. The SMILES string of the molecule is CCCc1c(/C=C/c2ccccc2)oc(C(=O)OC)c1C(=O)OC. The van der Waals surface area contributed by atoms with E-state index in [0.717, 1.165) is 12.0 Å². The summed E-state index contributed by atoms with van der Waals surface area (Å²) in [6.45, 7) is 1.98. The van der Waals surface area contributed by atoms with Crippen LogP contribution in [-0.2, 0) is 15.9 Å². The fourth-order valence-electron chi connectivity index (χ4n) is 2.41. The Hall–Kier alpha value is -2.82. The van der Waals surface area contributed by atoms with Crippen LogP contribution in [0.3, 0.4) is 0 Å². The monoisotopic (exact) mass is 328 g/mol. The summed E-state index contributed by atoms with van der Waals surface area (Å²) in [4.78, 5) is 24.1. The molecule has 0 radical (unpaired) electrons. The molecule has 24 heavy (non-hydrogen) atoms. The van der Waals surface area contributed by atoms with Gasteiger partial charge >= 0.3 is 11.9 Å². The molecule has 126 valence electrons. The molecular formula is C19H20O5. The van der Waals surface area contributed by atoms with Gasteiger partial charge in [-0.25, -0.2) is 9.59 Å². The third-order valence-electron chi connectivity index (χ3n) is 3.53. The zero-order valence-corrected chi connectivity index (χ0v) is 14.0. The van der Waals surface area contributed by atoms with E-state index in [0.29, 0.717) is 17.7 Å². The molecule has 0 N–H and O–H groups in total. The first kappa shape index (κ1) is 17.5. The Morgan fingerprint density at radius 2 is 1.71 bits per heavy atom. The van der Waals surface area contributed by atoms with Crippen molar-refractivity contribution in [2.75, 3.05) is 14.2 Å². The highest BCUT2D eigenvalue weighted by molar-refractivity contribution is 6.03.